The Bertz CT molecular complexity index is 1420. The maximum Gasteiger partial charge on any atom is 0.330 e. The standard InChI is InChI=1S/C27H19BN2/c1-2-9-19-17-25-23(16-18(19)8-1)21-11-4-6-14-26(21)30-27-22(12-7-15-29-27)20-10-3-5-13-24(20)28(25)30/h1-6,8-14,16-17H,7,15H2. The summed E-state index contributed by atoms with van der Waals surface area (Å²) in [6, 6.07) is 31.1. The van der Waals surface area contributed by atoms with Gasteiger partial charge in [0.1, 0.15) is 5.84 Å². The molecule has 0 aliphatic carbocycles. The Balaban J connectivity index is 1.63. The molecule has 0 N–H and O–H groups in total. The zero-order chi connectivity index (χ0) is 19.7. The van der Waals surface area contributed by atoms with E-state index in [0.29, 0.717) is 0 Å². The van der Waals surface area contributed by atoms with Gasteiger partial charge in [-0.25, -0.2) is 0 Å². The third kappa shape index (κ3) is 2.07. The van der Waals surface area contributed by atoms with E-state index < -0.39 is 0 Å². The van der Waals surface area contributed by atoms with Crippen LogP contribution in [0.15, 0.2) is 96.0 Å². The van der Waals surface area contributed by atoms with Crippen molar-refractivity contribution in [1.29, 1.82) is 0 Å². The van der Waals surface area contributed by atoms with Crippen LogP contribution < -0.4 is 15.7 Å². The van der Waals surface area contributed by atoms with Crippen molar-refractivity contribution in [3.05, 3.63) is 96.6 Å². The number of hydrogen-bond acceptors (Lipinski definition) is 2. The third-order valence-electron chi connectivity index (χ3n) is 6.68. The Labute approximate surface area is 176 Å². The minimum atomic E-state index is 0.143. The smallest absolute Gasteiger partial charge is 0.330 e. The summed E-state index contributed by atoms with van der Waals surface area (Å²) in [5.41, 5.74) is 9.24. The fourth-order valence-electron chi connectivity index (χ4n) is 5.42. The molecular weight excluding hydrogens is 363 g/mol. The molecule has 0 saturated heterocycles. The number of anilines is 1. The van der Waals surface area contributed by atoms with E-state index in [1.54, 1.807) is 0 Å². The number of benzene rings is 4. The Morgan fingerprint density at radius 3 is 2.33 bits per heavy atom. The van der Waals surface area contributed by atoms with Gasteiger partial charge in [0.2, 0.25) is 0 Å². The number of dihydropyridines is 1. The van der Waals surface area contributed by atoms with Crippen LogP contribution >= 0.6 is 0 Å². The lowest BCUT2D eigenvalue weighted by Gasteiger charge is -2.44. The lowest BCUT2D eigenvalue weighted by molar-refractivity contribution is 0.990. The molecule has 3 heteroatoms. The maximum atomic E-state index is 5.04. The molecule has 4 aromatic carbocycles. The first-order chi connectivity index (χ1) is 14.9. The fraction of sp³-hybridized carbons (Fsp3) is 0.0741. The van der Waals surface area contributed by atoms with Gasteiger partial charge in [0.25, 0.3) is 0 Å². The average molecular weight is 382 g/mol. The van der Waals surface area contributed by atoms with Crippen molar-refractivity contribution in [3.8, 4) is 11.1 Å². The highest BCUT2D eigenvalue weighted by Crippen LogP contribution is 2.41. The number of rotatable bonds is 0. The monoisotopic (exact) mass is 382 g/mol. The third-order valence-corrected chi connectivity index (χ3v) is 6.68. The van der Waals surface area contributed by atoms with Crippen LogP contribution in [0, 0.1) is 0 Å². The summed E-state index contributed by atoms with van der Waals surface area (Å²) >= 11 is 0. The van der Waals surface area contributed by atoms with Gasteiger partial charge in [0, 0.05) is 23.4 Å². The number of fused-ring (bicyclic) bond motifs is 12. The summed E-state index contributed by atoms with van der Waals surface area (Å²) in [7, 11) is 0. The lowest BCUT2D eigenvalue weighted by atomic mass is 9.43. The Morgan fingerprint density at radius 1 is 0.700 bits per heavy atom. The molecular formula is C27H19BN2. The quantitative estimate of drug-likeness (QED) is 0.405. The van der Waals surface area contributed by atoms with E-state index in [1.165, 1.54) is 49.6 Å². The molecule has 0 atom stereocenters. The van der Waals surface area contributed by atoms with Crippen molar-refractivity contribution in [2.45, 2.75) is 6.42 Å². The number of para-hydroxylation sites is 1. The van der Waals surface area contributed by atoms with Gasteiger partial charge in [-0.2, -0.15) is 0 Å². The van der Waals surface area contributed by atoms with E-state index in [9.17, 15) is 0 Å². The molecule has 7 rings (SSSR count). The van der Waals surface area contributed by atoms with Crippen LogP contribution in [0.4, 0.5) is 5.69 Å². The van der Waals surface area contributed by atoms with Crippen molar-refractivity contribution < 1.29 is 0 Å². The molecule has 3 heterocycles. The molecule has 2 nitrogen and oxygen atoms in total. The van der Waals surface area contributed by atoms with Gasteiger partial charge in [-0.05, 0) is 51.4 Å². The SMILES string of the molecule is C1=C2C(=NCC1)N1B(c3ccccc32)c2cc3ccccc3cc2-c2ccccc21. The van der Waals surface area contributed by atoms with Crippen LogP contribution in [0.25, 0.3) is 27.5 Å². The van der Waals surface area contributed by atoms with Crippen molar-refractivity contribution in [2.75, 3.05) is 11.4 Å². The van der Waals surface area contributed by atoms with E-state index in [1.807, 2.05) is 0 Å². The summed E-state index contributed by atoms with van der Waals surface area (Å²) in [6.07, 6.45) is 3.38. The molecule has 0 amide bonds. The summed E-state index contributed by atoms with van der Waals surface area (Å²) < 4.78 is 0. The molecule has 0 radical (unpaired) electrons. The highest BCUT2D eigenvalue weighted by atomic mass is 15.2. The summed E-state index contributed by atoms with van der Waals surface area (Å²) in [4.78, 5) is 7.53. The first kappa shape index (κ1) is 16.2. The Morgan fingerprint density at radius 2 is 1.43 bits per heavy atom. The fourth-order valence-corrected chi connectivity index (χ4v) is 5.42. The molecule has 140 valence electrons. The first-order valence-electron chi connectivity index (χ1n) is 10.7. The molecule has 0 aromatic heterocycles. The van der Waals surface area contributed by atoms with Crippen molar-refractivity contribution >= 4 is 45.6 Å². The van der Waals surface area contributed by atoms with Gasteiger partial charge in [0.05, 0.1) is 0 Å². The zero-order valence-corrected chi connectivity index (χ0v) is 16.5. The van der Waals surface area contributed by atoms with Gasteiger partial charge >= 0.3 is 6.85 Å². The van der Waals surface area contributed by atoms with E-state index in [4.69, 9.17) is 4.99 Å². The highest BCUT2D eigenvalue weighted by molar-refractivity contribution is 6.95. The molecule has 3 aliphatic heterocycles. The Kier molecular flexibility index (Phi) is 3.23. The van der Waals surface area contributed by atoms with Crippen LogP contribution in [0.1, 0.15) is 12.0 Å². The van der Waals surface area contributed by atoms with Gasteiger partial charge in [0.15, 0.2) is 0 Å². The molecule has 30 heavy (non-hydrogen) atoms. The minimum Gasteiger partial charge on any atom is -0.361 e. The van der Waals surface area contributed by atoms with Gasteiger partial charge < -0.3 is 4.81 Å². The molecule has 0 unspecified atom stereocenters. The van der Waals surface area contributed by atoms with Crippen molar-refractivity contribution in [1.82, 2.24) is 0 Å². The zero-order valence-electron chi connectivity index (χ0n) is 16.5. The van der Waals surface area contributed by atoms with Gasteiger partial charge in [-0.15, -0.1) is 0 Å². The highest BCUT2D eigenvalue weighted by Gasteiger charge is 2.44. The predicted octanol–water partition coefficient (Wildman–Crippen LogP) is 4.63. The number of aliphatic imine (C=N–C) groups is 1. The topological polar surface area (TPSA) is 15.6 Å². The minimum absolute atomic E-state index is 0.143. The normalized spacial score (nSPS) is 16.0. The van der Waals surface area contributed by atoms with Crippen LogP contribution in [0.5, 0.6) is 0 Å². The molecule has 0 bridgehead atoms. The number of amidine groups is 1. The van der Waals surface area contributed by atoms with Crippen LogP contribution in [-0.2, 0) is 0 Å². The Hall–Kier alpha value is -3.59. The molecule has 3 aliphatic rings. The van der Waals surface area contributed by atoms with Crippen LogP contribution in [-0.4, -0.2) is 19.2 Å². The summed E-state index contributed by atoms with van der Waals surface area (Å²) in [6.45, 7) is 1.00. The van der Waals surface area contributed by atoms with E-state index in [2.05, 4.69) is 95.8 Å². The largest absolute Gasteiger partial charge is 0.361 e. The second kappa shape index (κ2) is 5.96. The second-order valence-corrected chi connectivity index (χ2v) is 8.28. The predicted molar refractivity (Wildman–Crippen MR) is 128 cm³/mol. The molecule has 4 aromatic rings. The van der Waals surface area contributed by atoms with Crippen LogP contribution in [0.2, 0.25) is 0 Å². The molecule has 0 fully saturated rings. The summed E-state index contributed by atoms with van der Waals surface area (Å²) in [5.74, 6) is 1.12. The van der Waals surface area contributed by atoms with E-state index in [-0.39, 0.29) is 6.85 Å². The van der Waals surface area contributed by atoms with Crippen molar-refractivity contribution in [2.24, 2.45) is 4.99 Å². The second-order valence-electron chi connectivity index (χ2n) is 8.28. The van der Waals surface area contributed by atoms with E-state index >= 15 is 0 Å². The average Bonchev–Trinajstić information content (AvgIpc) is 2.82. The van der Waals surface area contributed by atoms with E-state index in [0.717, 1.165) is 18.8 Å². The lowest BCUT2D eigenvalue weighted by Crippen LogP contribution is -2.65. The molecule has 0 saturated carbocycles. The number of nitrogens with zero attached hydrogens (tertiary/aromatic N) is 2. The van der Waals surface area contributed by atoms with Gasteiger partial charge in [-0.3, -0.25) is 4.99 Å². The maximum absolute atomic E-state index is 5.04. The first-order valence-corrected chi connectivity index (χ1v) is 10.7. The summed E-state index contributed by atoms with van der Waals surface area (Å²) in [5, 5.41) is 2.58. The number of hydrogen-bond donors (Lipinski definition) is 0. The molecule has 0 spiro atoms. The van der Waals surface area contributed by atoms with Crippen molar-refractivity contribution in [3.63, 3.8) is 0 Å². The van der Waals surface area contributed by atoms with Gasteiger partial charge in [-0.1, -0.05) is 78.9 Å². The van der Waals surface area contributed by atoms with Crippen LogP contribution in [0.3, 0.4) is 0 Å².